The molecule has 0 unspecified atom stereocenters. The lowest BCUT2D eigenvalue weighted by atomic mass is 9.93. The fourth-order valence-corrected chi connectivity index (χ4v) is 6.76. The number of carboxylic acids is 1. The topological polar surface area (TPSA) is 121 Å². The van der Waals surface area contributed by atoms with E-state index >= 15 is 0 Å². The van der Waals surface area contributed by atoms with Crippen molar-refractivity contribution in [1.82, 2.24) is 19.4 Å². The summed E-state index contributed by atoms with van der Waals surface area (Å²) in [7, 11) is 3.60. The van der Waals surface area contributed by atoms with E-state index in [2.05, 4.69) is 9.97 Å². The zero-order valence-corrected chi connectivity index (χ0v) is 27.4. The number of ether oxygens (including phenoxy) is 1. The molecule has 47 heavy (non-hydrogen) atoms. The first-order valence-electron chi connectivity index (χ1n) is 14.4. The van der Waals surface area contributed by atoms with Crippen LogP contribution in [-0.2, 0) is 19.1 Å². The molecule has 0 aliphatic carbocycles. The maximum Gasteiger partial charge on any atom is 0.416 e. The van der Waals surface area contributed by atoms with Gasteiger partial charge in [0.15, 0.2) is 0 Å². The summed E-state index contributed by atoms with van der Waals surface area (Å²) < 4.78 is 50.4. The number of aromatic carboxylic acids is 1. The number of fused-ring (bicyclic) bond motifs is 2. The Balaban J connectivity index is 1.53. The van der Waals surface area contributed by atoms with Crippen molar-refractivity contribution in [2.75, 3.05) is 27.2 Å². The summed E-state index contributed by atoms with van der Waals surface area (Å²) in [6, 6.07) is 9.51. The lowest BCUT2D eigenvalue weighted by molar-refractivity contribution is -0.138. The standard InChI is InChI=1S/C33H29ClF3N5O4S/c1-17-12-22(30-29(39-17)24(16-47-30)32(44)45)21-13-19(34)7-8-27(21)46-11-10-42-18(2)40-26-14-25(33(35,36)37)20(6-5-9-41(3)4)23(15-38)28(26)31(42)43/h7-8,12-14,16H,5-6,9-11H2,1-4H3,(H,44,45). The Bertz CT molecular complexity index is 2140. The summed E-state index contributed by atoms with van der Waals surface area (Å²) >= 11 is 7.58. The van der Waals surface area contributed by atoms with E-state index < -0.39 is 23.3 Å². The van der Waals surface area contributed by atoms with Gasteiger partial charge in [-0.15, -0.1) is 11.3 Å². The van der Waals surface area contributed by atoms with Crippen molar-refractivity contribution >= 4 is 50.0 Å². The van der Waals surface area contributed by atoms with Crippen molar-refractivity contribution in [3.05, 3.63) is 84.9 Å². The number of carboxylic acid groups (broad SMARTS) is 1. The number of benzene rings is 2. The van der Waals surface area contributed by atoms with E-state index in [0.717, 1.165) is 6.07 Å². The molecule has 14 heteroatoms. The number of nitriles is 1. The van der Waals surface area contributed by atoms with E-state index in [4.69, 9.17) is 16.3 Å². The Hall–Kier alpha value is -4.51. The molecular formula is C33H29ClF3N5O4S. The smallest absolute Gasteiger partial charge is 0.416 e. The number of hydrogen-bond acceptors (Lipinski definition) is 8. The van der Waals surface area contributed by atoms with Gasteiger partial charge in [-0.05, 0) is 83.2 Å². The van der Waals surface area contributed by atoms with E-state index in [0.29, 0.717) is 50.8 Å². The largest absolute Gasteiger partial charge is 0.491 e. The van der Waals surface area contributed by atoms with Crippen LogP contribution in [0.25, 0.3) is 32.2 Å². The van der Waals surface area contributed by atoms with Crippen molar-refractivity contribution in [2.24, 2.45) is 0 Å². The Morgan fingerprint density at radius 2 is 1.91 bits per heavy atom. The van der Waals surface area contributed by atoms with Gasteiger partial charge in [-0.25, -0.2) is 9.78 Å². The van der Waals surface area contributed by atoms with Crippen LogP contribution in [0.1, 0.15) is 45.0 Å². The molecule has 0 spiro atoms. The molecule has 2 aromatic carbocycles. The van der Waals surface area contributed by atoms with Gasteiger partial charge in [0.1, 0.15) is 24.3 Å². The second-order valence-electron chi connectivity index (χ2n) is 11.2. The van der Waals surface area contributed by atoms with Crippen LogP contribution in [0.15, 0.2) is 40.5 Å². The quantitative estimate of drug-likeness (QED) is 0.165. The molecule has 3 aromatic heterocycles. The van der Waals surface area contributed by atoms with Gasteiger partial charge in [-0.1, -0.05) is 11.6 Å². The molecule has 0 fully saturated rings. The molecule has 0 amide bonds. The third-order valence-corrected chi connectivity index (χ3v) is 8.92. The highest BCUT2D eigenvalue weighted by Crippen LogP contribution is 2.40. The first-order valence-corrected chi connectivity index (χ1v) is 15.7. The first kappa shape index (κ1) is 33.8. The van der Waals surface area contributed by atoms with Crippen LogP contribution >= 0.6 is 22.9 Å². The Morgan fingerprint density at radius 1 is 1.17 bits per heavy atom. The molecular weight excluding hydrogens is 655 g/mol. The number of halogens is 4. The third kappa shape index (κ3) is 6.81. The van der Waals surface area contributed by atoms with Gasteiger partial charge in [0.05, 0.1) is 44.4 Å². The van der Waals surface area contributed by atoms with E-state index in [-0.39, 0.29) is 53.0 Å². The Labute approximate surface area is 276 Å². The number of hydrogen-bond donors (Lipinski definition) is 1. The highest BCUT2D eigenvalue weighted by molar-refractivity contribution is 7.18. The molecule has 0 radical (unpaired) electrons. The lowest BCUT2D eigenvalue weighted by Crippen LogP contribution is -2.28. The van der Waals surface area contributed by atoms with Gasteiger partial charge in [-0.3, -0.25) is 14.3 Å². The number of thiophene rings is 1. The summed E-state index contributed by atoms with van der Waals surface area (Å²) in [6.07, 6.45) is -4.42. The second-order valence-corrected chi connectivity index (χ2v) is 12.6. The summed E-state index contributed by atoms with van der Waals surface area (Å²) in [5.41, 5.74) is -0.0777. The number of nitrogens with zero attached hydrogens (tertiary/aromatic N) is 5. The van der Waals surface area contributed by atoms with Gasteiger partial charge in [-0.2, -0.15) is 18.4 Å². The molecule has 5 aromatic rings. The van der Waals surface area contributed by atoms with Gasteiger partial charge in [0, 0.05) is 27.2 Å². The molecule has 0 aliphatic heterocycles. The van der Waals surface area contributed by atoms with Crippen molar-refractivity contribution in [1.29, 1.82) is 5.26 Å². The van der Waals surface area contributed by atoms with Gasteiger partial charge in [0.25, 0.3) is 5.56 Å². The predicted octanol–water partition coefficient (Wildman–Crippen LogP) is 7.11. The van der Waals surface area contributed by atoms with Crippen LogP contribution < -0.4 is 10.3 Å². The molecule has 0 saturated carbocycles. The molecule has 0 atom stereocenters. The molecule has 9 nitrogen and oxygen atoms in total. The number of aryl methyl sites for hydroxylation is 2. The maximum absolute atomic E-state index is 14.1. The maximum atomic E-state index is 14.1. The Morgan fingerprint density at radius 3 is 2.57 bits per heavy atom. The predicted molar refractivity (Wildman–Crippen MR) is 175 cm³/mol. The molecule has 1 N–H and O–H groups in total. The minimum atomic E-state index is -4.74. The van der Waals surface area contributed by atoms with Crippen LogP contribution in [-0.4, -0.2) is 57.8 Å². The Kier molecular flexibility index (Phi) is 9.58. The molecule has 0 bridgehead atoms. The van der Waals surface area contributed by atoms with Crippen molar-refractivity contribution < 1.29 is 27.8 Å². The molecule has 0 saturated heterocycles. The van der Waals surface area contributed by atoms with E-state index in [1.807, 2.05) is 11.0 Å². The molecule has 5 rings (SSSR count). The number of rotatable bonds is 10. The fraction of sp³-hybridized carbons (Fsp3) is 0.303. The van der Waals surface area contributed by atoms with Crippen molar-refractivity contribution in [2.45, 2.75) is 39.4 Å². The average molecular weight is 684 g/mol. The van der Waals surface area contributed by atoms with Crippen LogP contribution in [0.4, 0.5) is 13.2 Å². The van der Waals surface area contributed by atoms with Crippen molar-refractivity contribution in [3.63, 3.8) is 0 Å². The monoisotopic (exact) mass is 683 g/mol. The average Bonchev–Trinajstić information content (AvgIpc) is 3.42. The zero-order chi connectivity index (χ0) is 34.2. The number of carbonyl (C=O) groups is 1. The fourth-order valence-electron chi connectivity index (χ4n) is 5.58. The zero-order valence-electron chi connectivity index (χ0n) is 25.8. The van der Waals surface area contributed by atoms with Gasteiger partial charge >= 0.3 is 12.1 Å². The van der Waals surface area contributed by atoms with Gasteiger partial charge in [0.2, 0.25) is 0 Å². The highest BCUT2D eigenvalue weighted by Gasteiger charge is 2.36. The second kappa shape index (κ2) is 13.3. The first-order chi connectivity index (χ1) is 22.2. The number of pyridine rings is 1. The van der Waals surface area contributed by atoms with Gasteiger partial charge < -0.3 is 14.7 Å². The number of alkyl halides is 3. The van der Waals surface area contributed by atoms with E-state index in [1.165, 1.54) is 28.2 Å². The van der Waals surface area contributed by atoms with E-state index in [1.54, 1.807) is 45.3 Å². The molecule has 3 heterocycles. The molecule has 244 valence electrons. The highest BCUT2D eigenvalue weighted by atomic mass is 35.5. The summed E-state index contributed by atoms with van der Waals surface area (Å²) in [5.74, 6) is -0.532. The molecule has 0 aliphatic rings. The third-order valence-electron chi connectivity index (χ3n) is 7.68. The van der Waals surface area contributed by atoms with Crippen LogP contribution in [0, 0.1) is 25.2 Å². The minimum absolute atomic E-state index is 0.0233. The normalized spacial score (nSPS) is 11.8. The van der Waals surface area contributed by atoms with Crippen LogP contribution in [0.5, 0.6) is 5.75 Å². The van der Waals surface area contributed by atoms with Crippen LogP contribution in [0.3, 0.4) is 0 Å². The number of aromatic nitrogens is 3. The van der Waals surface area contributed by atoms with E-state index in [9.17, 15) is 33.1 Å². The summed E-state index contributed by atoms with van der Waals surface area (Å²) in [5, 5.41) is 21.4. The summed E-state index contributed by atoms with van der Waals surface area (Å²) in [4.78, 5) is 36.1. The minimum Gasteiger partial charge on any atom is -0.491 e. The lowest BCUT2D eigenvalue weighted by Gasteiger charge is -2.19. The van der Waals surface area contributed by atoms with Crippen LogP contribution in [0.2, 0.25) is 5.02 Å². The summed E-state index contributed by atoms with van der Waals surface area (Å²) in [6.45, 7) is 3.69. The van der Waals surface area contributed by atoms with Crippen molar-refractivity contribution in [3.8, 4) is 22.9 Å². The SMILES string of the molecule is Cc1cc(-c2cc(Cl)ccc2OCCn2c(C)nc3cc(C(F)(F)F)c(CCCN(C)C)c(C#N)c3c2=O)c2scc(C(=O)O)c2n1.